The van der Waals surface area contributed by atoms with Gasteiger partial charge in [-0.3, -0.25) is 4.79 Å². The van der Waals surface area contributed by atoms with E-state index in [0.717, 1.165) is 12.8 Å². The van der Waals surface area contributed by atoms with E-state index >= 15 is 0 Å². The Kier molecular flexibility index (Phi) is 6.70. The smallest absolute Gasteiger partial charge is 0.272 e. The molecule has 0 bridgehead atoms. The van der Waals surface area contributed by atoms with Crippen molar-refractivity contribution in [3.63, 3.8) is 0 Å². The number of benzene rings is 1. The van der Waals surface area contributed by atoms with E-state index in [9.17, 15) is 13.6 Å². The largest absolute Gasteiger partial charge is 0.488 e. The van der Waals surface area contributed by atoms with Gasteiger partial charge in [0.25, 0.3) is 12.3 Å². The van der Waals surface area contributed by atoms with Crippen LogP contribution in [0.5, 0.6) is 5.75 Å². The molecule has 2 rings (SSSR count). The summed E-state index contributed by atoms with van der Waals surface area (Å²) >= 11 is 0. The van der Waals surface area contributed by atoms with E-state index in [1.807, 2.05) is 6.07 Å². The summed E-state index contributed by atoms with van der Waals surface area (Å²) in [7, 11) is 0. The van der Waals surface area contributed by atoms with Crippen LogP contribution in [0.1, 0.15) is 18.4 Å². The molecule has 0 aromatic heterocycles. The summed E-state index contributed by atoms with van der Waals surface area (Å²) in [6.45, 7) is 0.393. The van der Waals surface area contributed by atoms with Gasteiger partial charge >= 0.3 is 0 Å². The Labute approximate surface area is 138 Å². The van der Waals surface area contributed by atoms with Crippen LogP contribution in [0.2, 0.25) is 0 Å². The standard InChI is InChI=1S/C17H18F2N2O3/c18-16(19)11-24-14-5-3-12(4-6-14)8-13(9-20)17(22)21-10-15-2-1-7-23-15/h3-6,8,15-16H,1-2,7,10-11H2,(H,21,22). The van der Waals surface area contributed by atoms with Crippen LogP contribution in [-0.2, 0) is 9.53 Å². The van der Waals surface area contributed by atoms with E-state index in [4.69, 9.17) is 14.7 Å². The second kappa shape index (κ2) is 8.99. The molecule has 1 saturated heterocycles. The van der Waals surface area contributed by atoms with Gasteiger partial charge in [0.15, 0.2) is 0 Å². The van der Waals surface area contributed by atoms with E-state index in [1.54, 1.807) is 12.1 Å². The molecule has 0 spiro atoms. The number of halogens is 2. The summed E-state index contributed by atoms with van der Waals surface area (Å²) < 4.78 is 34.4. The lowest BCUT2D eigenvalue weighted by molar-refractivity contribution is -0.117. The molecule has 1 fully saturated rings. The molecule has 128 valence electrons. The van der Waals surface area contributed by atoms with Crippen LogP contribution in [0.3, 0.4) is 0 Å². The van der Waals surface area contributed by atoms with Crippen molar-refractivity contribution in [2.45, 2.75) is 25.4 Å². The second-order valence-corrected chi connectivity index (χ2v) is 5.29. The summed E-state index contributed by atoms with van der Waals surface area (Å²) in [6, 6.07) is 8.05. The minimum absolute atomic E-state index is 0.000148. The molecule has 0 saturated carbocycles. The molecule has 1 aliphatic heterocycles. The maximum Gasteiger partial charge on any atom is 0.272 e. The molecule has 1 aromatic carbocycles. The molecule has 1 aliphatic rings. The topological polar surface area (TPSA) is 71.3 Å². The van der Waals surface area contributed by atoms with Gasteiger partial charge in [0.1, 0.15) is 24.0 Å². The lowest BCUT2D eigenvalue weighted by Crippen LogP contribution is -2.32. The fraction of sp³-hybridized carbons (Fsp3) is 0.412. The van der Waals surface area contributed by atoms with Crippen LogP contribution in [0, 0.1) is 11.3 Å². The van der Waals surface area contributed by atoms with E-state index in [2.05, 4.69) is 5.32 Å². The minimum Gasteiger partial charge on any atom is -0.488 e. The lowest BCUT2D eigenvalue weighted by atomic mass is 10.1. The first-order valence-electron chi connectivity index (χ1n) is 7.61. The highest BCUT2D eigenvalue weighted by molar-refractivity contribution is 6.01. The fourth-order valence-electron chi connectivity index (χ4n) is 2.24. The molecule has 0 aliphatic carbocycles. The molecule has 1 amide bonds. The Morgan fingerprint density at radius 3 is 2.79 bits per heavy atom. The van der Waals surface area contributed by atoms with Crippen molar-refractivity contribution in [2.24, 2.45) is 0 Å². The highest BCUT2D eigenvalue weighted by Crippen LogP contribution is 2.16. The number of nitriles is 1. The summed E-state index contributed by atoms with van der Waals surface area (Å²) in [5, 5.41) is 11.8. The van der Waals surface area contributed by atoms with Crippen molar-refractivity contribution < 1.29 is 23.0 Å². The summed E-state index contributed by atoms with van der Waals surface area (Å²) in [5.41, 5.74) is 0.567. The Hall–Kier alpha value is -2.46. The van der Waals surface area contributed by atoms with Crippen LogP contribution >= 0.6 is 0 Å². The Morgan fingerprint density at radius 1 is 1.46 bits per heavy atom. The van der Waals surface area contributed by atoms with E-state index in [-0.39, 0.29) is 11.7 Å². The van der Waals surface area contributed by atoms with Crippen molar-refractivity contribution in [1.82, 2.24) is 5.32 Å². The van der Waals surface area contributed by atoms with Crippen LogP contribution in [0.15, 0.2) is 29.8 Å². The number of alkyl halides is 2. The molecule has 1 aromatic rings. The molecular weight excluding hydrogens is 318 g/mol. The number of hydrogen-bond donors (Lipinski definition) is 1. The average molecular weight is 336 g/mol. The third kappa shape index (κ3) is 5.63. The van der Waals surface area contributed by atoms with Crippen LogP contribution in [0.4, 0.5) is 8.78 Å². The van der Waals surface area contributed by atoms with Gasteiger partial charge in [-0.05, 0) is 36.6 Å². The maximum absolute atomic E-state index is 12.1. The molecule has 24 heavy (non-hydrogen) atoms. The molecule has 1 unspecified atom stereocenters. The van der Waals surface area contributed by atoms with Crippen LogP contribution in [0.25, 0.3) is 6.08 Å². The van der Waals surface area contributed by atoms with E-state index in [1.165, 1.54) is 18.2 Å². The Bertz CT molecular complexity index is 618. The minimum atomic E-state index is -2.54. The maximum atomic E-state index is 12.1. The van der Waals surface area contributed by atoms with Crippen molar-refractivity contribution in [2.75, 3.05) is 19.8 Å². The SMILES string of the molecule is N#CC(=Cc1ccc(OCC(F)F)cc1)C(=O)NCC1CCCO1. The first-order chi connectivity index (χ1) is 11.6. The third-order valence-corrected chi connectivity index (χ3v) is 3.45. The Morgan fingerprint density at radius 2 is 2.21 bits per heavy atom. The number of rotatable bonds is 7. The van der Waals surface area contributed by atoms with Gasteiger partial charge in [-0.15, -0.1) is 0 Å². The van der Waals surface area contributed by atoms with Gasteiger partial charge < -0.3 is 14.8 Å². The zero-order valence-electron chi connectivity index (χ0n) is 13.0. The van der Waals surface area contributed by atoms with Gasteiger partial charge in [-0.1, -0.05) is 12.1 Å². The van der Waals surface area contributed by atoms with Crippen molar-refractivity contribution in [1.29, 1.82) is 5.26 Å². The number of carbonyl (C=O) groups is 1. The fourth-order valence-corrected chi connectivity index (χ4v) is 2.24. The Balaban J connectivity index is 1.93. The summed E-state index contributed by atoms with van der Waals surface area (Å²) in [4.78, 5) is 12.0. The summed E-state index contributed by atoms with van der Waals surface area (Å²) in [5.74, 6) is -0.167. The zero-order valence-corrected chi connectivity index (χ0v) is 13.0. The van der Waals surface area contributed by atoms with E-state index < -0.39 is 18.9 Å². The predicted molar refractivity (Wildman–Crippen MR) is 83.5 cm³/mol. The normalized spacial score (nSPS) is 17.6. The molecule has 1 atom stereocenters. The van der Waals surface area contributed by atoms with Gasteiger partial charge in [0.05, 0.1) is 6.10 Å². The second-order valence-electron chi connectivity index (χ2n) is 5.29. The molecular formula is C17H18F2N2O3. The first-order valence-corrected chi connectivity index (χ1v) is 7.61. The van der Waals surface area contributed by atoms with Crippen molar-refractivity contribution >= 4 is 12.0 Å². The number of ether oxygens (including phenoxy) is 2. The molecule has 5 nitrogen and oxygen atoms in total. The van der Waals surface area contributed by atoms with Crippen molar-refractivity contribution in [3.05, 3.63) is 35.4 Å². The molecule has 7 heteroatoms. The highest BCUT2D eigenvalue weighted by atomic mass is 19.3. The molecule has 0 radical (unpaired) electrons. The first kappa shape index (κ1) is 17.9. The van der Waals surface area contributed by atoms with Gasteiger partial charge in [-0.25, -0.2) is 8.78 Å². The lowest BCUT2D eigenvalue weighted by Gasteiger charge is -2.10. The zero-order chi connectivity index (χ0) is 17.4. The monoisotopic (exact) mass is 336 g/mol. The average Bonchev–Trinajstić information content (AvgIpc) is 3.10. The summed E-state index contributed by atoms with van der Waals surface area (Å²) in [6.07, 6.45) is 0.761. The van der Waals surface area contributed by atoms with Crippen molar-refractivity contribution in [3.8, 4) is 11.8 Å². The number of amides is 1. The number of hydrogen-bond acceptors (Lipinski definition) is 4. The molecule has 1 heterocycles. The van der Waals surface area contributed by atoms with Gasteiger partial charge in [-0.2, -0.15) is 5.26 Å². The van der Waals surface area contributed by atoms with E-state index in [0.29, 0.717) is 24.5 Å². The number of nitrogens with zero attached hydrogens (tertiary/aromatic N) is 1. The van der Waals surface area contributed by atoms with Gasteiger partial charge in [0, 0.05) is 13.2 Å². The third-order valence-electron chi connectivity index (χ3n) is 3.45. The number of nitrogens with one attached hydrogen (secondary N) is 1. The quantitative estimate of drug-likeness (QED) is 0.613. The predicted octanol–water partition coefficient (Wildman–Crippen LogP) is 2.53. The highest BCUT2D eigenvalue weighted by Gasteiger charge is 2.17. The van der Waals surface area contributed by atoms with Crippen LogP contribution in [-0.4, -0.2) is 38.2 Å². The number of carbonyl (C=O) groups excluding carboxylic acids is 1. The molecule has 1 N–H and O–H groups in total. The van der Waals surface area contributed by atoms with Crippen LogP contribution < -0.4 is 10.1 Å². The van der Waals surface area contributed by atoms with Gasteiger partial charge in [0.2, 0.25) is 0 Å².